The molecule has 1 aromatic carbocycles. The summed E-state index contributed by atoms with van der Waals surface area (Å²) in [5.74, 6) is 0.750. The van der Waals surface area contributed by atoms with Crippen LogP contribution in [0.25, 0.3) is 0 Å². The molecule has 0 aromatic heterocycles. The number of hydrogen-bond donors (Lipinski definition) is 2. The molecule has 1 aliphatic carbocycles. The van der Waals surface area contributed by atoms with Gasteiger partial charge in [0.25, 0.3) is 5.91 Å². The van der Waals surface area contributed by atoms with Crippen molar-refractivity contribution >= 4 is 5.91 Å². The Hall–Kier alpha value is -1.71. The number of nitrogens with one attached hydrogen (secondary N) is 1. The molecule has 0 spiro atoms. The van der Waals surface area contributed by atoms with Crippen LogP contribution in [0.2, 0.25) is 0 Å². The molecule has 0 saturated heterocycles. The second-order valence-corrected chi connectivity index (χ2v) is 5.34. The van der Waals surface area contributed by atoms with Crippen molar-refractivity contribution in [2.45, 2.75) is 32.2 Å². The zero-order chi connectivity index (χ0) is 13.3. The van der Waals surface area contributed by atoms with Gasteiger partial charge in [0, 0.05) is 11.1 Å². The van der Waals surface area contributed by atoms with E-state index in [1.54, 1.807) is 12.1 Å². The molecule has 4 heteroatoms. The van der Waals surface area contributed by atoms with Gasteiger partial charge in [0.1, 0.15) is 0 Å². The molecule has 1 aromatic rings. The van der Waals surface area contributed by atoms with E-state index < -0.39 is 0 Å². The first kappa shape index (κ1) is 12.7. The van der Waals surface area contributed by atoms with Gasteiger partial charge in [0.15, 0.2) is 11.5 Å². The Balaban J connectivity index is 2.11. The lowest BCUT2D eigenvalue weighted by Gasteiger charge is -2.26. The van der Waals surface area contributed by atoms with E-state index in [9.17, 15) is 9.90 Å². The highest BCUT2D eigenvalue weighted by Crippen LogP contribution is 2.39. The number of rotatable bonds is 4. The predicted molar refractivity (Wildman–Crippen MR) is 68.9 cm³/mol. The third-order valence-corrected chi connectivity index (χ3v) is 3.47. The molecule has 1 aliphatic rings. The summed E-state index contributed by atoms with van der Waals surface area (Å²) in [6, 6.07) is 4.67. The lowest BCUT2D eigenvalue weighted by molar-refractivity contribution is 0.0903. The fraction of sp³-hybridized carbons (Fsp3) is 0.500. The Bertz CT molecular complexity index is 464. The molecule has 1 saturated carbocycles. The third-order valence-electron chi connectivity index (χ3n) is 3.47. The van der Waals surface area contributed by atoms with Crippen molar-refractivity contribution < 1.29 is 14.6 Å². The van der Waals surface area contributed by atoms with Gasteiger partial charge in [-0.15, -0.1) is 0 Å². The van der Waals surface area contributed by atoms with Crippen LogP contribution < -0.4 is 10.1 Å². The number of phenolic OH excluding ortho intramolecular Hbond substituents is 1. The highest BCUT2D eigenvalue weighted by atomic mass is 16.5. The summed E-state index contributed by atoms with van der Waals surface area (Å²) in [7, 11) is 1.48. The fourth-order valence-electron chi connectivity index (χ4n) is 2.10. The number of amides is 1. The number of aromatic hydroxyl groups is 1. The number of carbonyl (C=O) groups excluding carboxylic acids is 1. The van der Waals surface area contributed by atoms with Gasteiger partial charge in [-0.2, -0.15) is 0 Å². The van der Waals surface area contributed by atoms with Gasteiger partial charge in [0.2, 0.25) is 0 Å². The minimum Gasteiger partial charge on any atom is -0.504 e. The van der Waals surface area contributed by atoms with E-state index in [1.807, 2.05) is 13.8 Å². The Kier molecular flexibility index (Phi) is 3.20. The molecular formula is C14H19NO3. The van der Waals surface area contributed by atoms with Crippen molar-refractivity contribution in [1.29, 1.82) is 0 Å². The first-order valence-electron chi connectivity index (χ1n) is 6.13. The average molecular weight is 249 g/mol. The maximum atomic E-state index is 12.1. The molecule has 2 rings (SSSR count). The van der Waals surface area contributed by atoms with Crippen LogP contribution >= 0.6 is 0 Å². The number of carbonyl (C=O) groups is 1. The summed E-state index contributed by atoms with van der Waals surface area (Å²) in [6.45, 7) is 4.07. The standard InChI is InChI=1S/C14H19NO3/c1-14(2,10-5-6-10)15-13(17)9-4-7-12(18-3)11(16)8-9/h4,7-8,10,16H,5-6H2,1-3H3,(H,15,17). The van der Waals surface area contributed by atoms with Gasteiger partial charge < -0.3 is 15.2 Å². The van der Waals surface area contributed by atoms with Crippen LogP contribution in [0.3, 0.4) is 0 Å². The summed E-state index contributed by atoms with van der Waals surface area (Å²) >= 11 is 0. The van der Waals surface area contributed by atoms with E-state index in [-0.39, 0.29) is 17.2 Å². The maximum absolute atomic E-state index is 12.1. The van der Waals surface area contributed by atoms with Crippen LogP contribution in [0.4, 0.5) is 0 Å². The summed E-state index contributed by atoms with van der Waals surface area (Å²) in [5.41, 5.74) is 0.258. The molecule has 1 amide bonds. The van der Waals surface area contributed by atoms with Gasteiger partial charge in [-0.1, -0.05) is 0 Å². The summed E-state index contributed by atoms with van der Waals surface area (Å²) < 4.78 is 4.95. The molecule has 18 heavy (non-hydrogen) atoms. The monoisotopic (exact) mass is 249 g/mol. The lowest BCUT2D eigenvalue weighted by atomic mass is 9.98. The Morgan fingerprint density at radius 2 is 2.11 bits per heavy atom. The van der Waals surface area contributed by atoms with Gasteiger partial charge >= 0.3 is 0 Å². The van der Waals surface area contributed by atoms with E-state index in [0.29, 0.717) is 17.2 Å². The summed E-state index contributed by atoms with van der Waals surface area (Å²) in [5, 5.41) is 12.7. The summed E-state index contributed by atoms with van der Waals surface area (Å²) in [6.07, 6.45) is 2.34. The Morgan fingerprint density at radius 3 is 2.61 bits per heavy atom. The van der Waals surface area contributed by atoms with Gasteiger partial charge in [0.05, 0.1) is 7.11 Å². The molecule has 0 atom stereocenters. The van der Waals surface area contributed by atoms with Crippen molar-refractivity contribution in [2.75, 3.05) is 7.11 Å². The molecule has 0 radical (unpaired) electrons. The smallest absolute Gasteiger partial charge is 0.251 e. The van der Waals surface area contributed by atoms with Crippen molar-refractivity contribution in [2.24, 2.45) is 5.92 Å². The Morgan fingerprint density at radius 1 is 1.44 bits per heavy atom. The lowest BCUT2D eigenvalue weighted by Crippen LogP contribution is -2.45. The zero-order valence-electron chi connectivity index (χ0n) is 11.0. The first-order valence-corrected chi connectivity index (χ1v) is 6.13. The average Bonchev–Trinajstić information content (AvgIpc) is 3.12. The van der Waals surface area contributed by atoms with E-state index in [0.717, 1.165) is 0 Å². The molecule has 98 valence electrons. The number of phenols is 1. The molecule has 0 unspecified atom stereocenters. The van der Waals surface area contributed by atoms with E-state index >= 15 is 0 Å². The third kappa shape index (κ3) is 2.58. The largest absolute Gasteiger partial charge is 0.504 e. The summed E-state index contributed by atoms with van der Waals surface area (Å²) in [4.78, 5) is 12.1. The second-order valence-electron chi connectivity index (χ2n) is 5.34. The molecule has 1 fully saturated rings. The highest BCUT2D eigenvalue weighted by molar-refractivity contribution is 5.95. The number of ether oxygens (including phenoxy) is 1. The minimum atomic E-state index is -0.188. The van der Waals surface area contributed by atoms with Crippen LogP contribution in [0.15, 0.2) is 18.2 Å². The van der Waals surface area contributed by atoms with E-state index in [1.165, 1.54) is 26.0 Å². The molecule has 0 aliphatic heterocycles. The second kappa shape index (κ2) is 4.52. The highest BCUT2D eigenvalue weighted by Gasteiger charge is 2.38. The van der Waals surface area contributed by atoms with Gasteiger partial charge in [-0.25, -0.2) is 0 Å². The Labute approximate surface area is 107 Å². The van der Waals surface area contributed by atoms with Crippen LogP contribution in [0.1, 0.15) is 37.0 Å². The fourth-order valence-corrected chi connectivity index (χ4v) is 2.10. The van der Waals surface area contributed by atoms with E-state index in [2.05, 4.69) is 5.32 Å². The number of methoxy groups -OCH3 is 1. The SMILES string of the molecule is COc1ccc(C(=O)NC(C)(C)C2CC2)cc1O. The maximum Gasteiger partial charge on any atom is 0.251 e. The van der Waals surface area contributed by atoms with Crippen LogP contribution in [-0.4, -0.2) is 23.7 Å². The van der Waals surface area contributed by atoms with Crippen LogP contribution in [0.5, 0.6) is 11.5 Å². The topological polar surface area (TPSA) is 58.6 Å². The predicted octanol–water partition coefficient (Wildman–Crippen LogP) is 2.32. The normalized spacial score (nSPS) is 15.3. The molecular weight excluding hydrogens is 230 g/mol. The van der Waals surface area contributed by atoms with Crippen molar-refractivity contribution in [3.63, 3.8) is 0 Å². The van der Waals surface area contributed by atoms with Crippen LogP contribution in [0, 0.1) is 5.92 Å². The van der Waals surface area contributed by atoms with Crippen molar-refractivity contribution in [1.82, 2.24) is 5.32 Å². The van der Waals surface area contributed by atoms with Crippen molar-refractivity contribution in [3.8, 4) is 11.5 Å². The molecule has 0 heterocycles. The molecule has 2 N–H and O–H groups in total. The quantitative estimate of drug-likeness (QED) is 0.861. The molecule has 0 bridgehead atoms. The zero-order valence-corrected chi connectivity index (χ0v) is 11.0. The van der Waals surface area contributed by atoms with E-state index in [4.69, 9.17) is 4.74 Å². The first-order chi connectivity index (χ1) is 8.44. The van der Waals surface area contributed by atoms with Crippen molar-refractivity contribution in [3.05, 3.63) is 23.8 Å². The van der Waals surface area contributed by atoms with Crippen LogP contribution in [-0.2, 0) is 0 Å². The number of hydrogen-bond acceptors (Lipinski definition) is 3. The van der Waals surface area contributed by atoms with Gasteiger partial charge in [-0.05, 0) is 50.8 Å². The molecule has 4 nitrogen and oxygen atoms in total. The van der Waals surface area contributed by atoms with Gasteiger partial charge in [-0.3, -0.25) is 4.79 Å². The number of benzene rings is 1. The minimum absolute atomic E-state index is 0.0191.